The molecule has 0 radical (unpaired) electrons. The van der Waals surface area contributed by atoms with E-state index in [2.05, 4.69) is 0 Å². The van der Waals surface area contributed by atoms with Crippen LogP contribution in [0, 0.1) is 0 Å². The molecular formula is C42H48O20. The van der Waals surface area contributed by atoms with Crippen molar-refractivity contribution in [2.45, 2.75) is 92.4 Å². The molecule has 3 saturated heterocycles. The summed E-state index contributed by atoms with van der Waals surface area (Å²) >= 11 is 0. The number of carbonyl (C=O) groups excluding carboxylic acids is 3. The molecule has 3 aromatic carbocycles. The number of aliphatic hydroxyl groups is 8. The normalized spacial score (nSPS) is 33.4. The van der Waals surface area contributed by atoms with Crippen LogP contribution in [0.3, 0.4) is 0 Å². The van der Waals surface area contributed by atoms with Crippen molar-refractivity contribution in [2.24, 2.45) is 0 Å². The summed E-state index contributed by atoms with van der Waals surface area (Å²) in [6.07, 6.45) is -19.0. The Morgan fingerprint density at radius 3 is 1.98 bits per heavy atom. The molecule has 0 amide bonds. The number of carbonyl (C=O) groups is 3. The molecule has 8 N–H and O–H groups in total. The molecule has 3 aliphatic heterocycles. The fourth-order valence-electron chi connectivity index (χ4n) is 6.92. The second-order valence-corrected chi connectivity index (χ2v) is 14.5. The summed E-state index contributed by atoms with van der Waals surface area (Å²) in [6.45, 7) is -1.18. The smallest absolute Gasteiger partial charge is 0.338 e. The third-order valence-electron chi connectivity index (χ3n) is 10.4. The molecular weight excluding hydrogens is 824 g/mol. The summed E-state index contributed by atoms with van der Waals surface area (Å²) in [5.41, 5.74) is 0.551. The first-order valence-electron chi connectivity index (χ1n) is 19.4. The largest absolute Gasteiger partial charge is 0.493 e. The highest BCUT2D eigenvalue weighted by Crippen LogP contribution is 2.39. The monoisotopic (exact) mass is 872 g/mol. The quantitative estimate of drug-likeness (QED) is 0.0506. The Kier molecular flexibility index (Phi) is 15.3. The molecule has 3 fully saturated rings. The minimum Gasteiger partial charge on any atom is -0.493 e. The van der Waals surface area contributed by atoms with E-state index >= 15 is 0 Å². The van der Waals surface area contributed by atoms with E-state index in [9.17, 15) is 55.2 Å². The van der Waals surface area contributed by atoms with E-state index in [0.717, 1.165) is 6.08 Å². The van der Waals surface area contributed by atoms with Gasteiger partial charge in [-0.05, 0) is 55.0 Å². The van der Waals surface area contributed by atoms with Crippen LogP contribution < -0.4 is 9.47 Å². The lowest BCUT2D eigenvalue weighted by molar-refractivity contribution is -0.383. The van der Waals surface area contributed by atoms with Crippen molar-refractivity contribution in [1.29, 1.82) is 0 Å². The summed E-state index contributed by atoms with van der Waals surface area (Å²) in [7, 11) is 1.33. The van der Waals surface area contributed by atoms with Crippen molar-refractivity contribution in [2.75, 3.05) is 26.9 Å². The Bertz CT molecular complexity index is 2000. The summed E-state index contributed by atoms with van der Waals surface area (Å²) in [6, 6.07) is 19.7. The second-order valence-electron chi connectivity index (χ2n) is 14.5. The Balaban J connectivity index is 1.19. The zero-order valence-corrected chi connectivity index (χ0v) is 33.3. The van der Waals surface area contributed by atoms with Crippen LogP contribution in [0.1, 0.15) is 33.2 Å². The van der Waals surface area contributed by atoms with Gasteiger partial charge in [-0.25, -0.2) is 14.4 Å². The average molecular weight is 873 g/mol. The van der Waals surface area contributed by atoms with Gasteiger partial charge in [-0.2, -0.15) is 0 Å². The minimum absolute atomic E-state index is 0.0523. The topological polar surface area (TPSA) is 296 Å². The molecule has 3 aliphatic rings. The van der Waals surface area contributed by atoms with E-state index in [1.807, 2.05) is 0 Å². The van der Waals surface area contributed by atoms with E-state index in [4.69, 9.17) is 42.6 Å². The molecule has 0 saturated carbocycles. The van der Waals surface area contributed by atoms with Crippen LogP contribution in [0.5, 0.6) is 11.5 Å². The molecule has 0 aliphatic carbocycles. The van der Waals surface area contributed by atoms with Gasteiger partial charge in [0.15, 0.2) is 30.0 Å². The first-order chi connectivity index (χ1) is 29.7. The van der Waals surface area contributed by atoms with Crippen LogP contribution in [0.25, 0.3) is 6.08 Å². The summed E-state index contributed by atoms with van der Waals surface area (Å²) in [5, 5.41) is 84.8. The molecule has 3 heterocycles. The molecule has 0 bridgehead atoms. The van der Waals surface area contributed by atoms with Gasteiger partial charge >= 0.3 is 17.9 Å². The van der Waals surface area contributed by atoms with Gasteiger partial charge in [0.1, 0.15) is 62.0 Å². The van der Waals surface area contributed by atoms with E-state index in [-0.39, 0.29) is 22.6 Å². The Labute approximate surface area is 353 Å². The molecule has 0 unspecified atom stereocenters. The van der Waals surface area contributed by atoms with E-state index in [1.165, 1.54) is 62.6 Å². The fourth-order valence-corrected chi connectivity index (χ4v) is 6.92. The lowest BCUT2D eigenvalue weighted by atomic mass is 9.98. The average Bonchev–Trinajstić information content (AvgIpc) is 3.55. The van der Waals surface area contributed by atoms with Crippen molar-refractivity contribution < 1.29 is 97.9 Å². The molecule has 20 nitrogen and oxygen atoms in total. The van der Waals surface area contributed by atoms with Gasteiger partial charge in [-0.3, -0.25) is 0 Å². The van der Waals surface area contributed by atoms with Gasteiger partial charge in [0.2, 0.25) is 12.1 Å². The number of methoxy groups -OCH3 is 1. The van der Waals surface area contributed by atoms with Gasteiger partial charge in [0, 0.05) is 6.08 Å². The SMILES string of the molecule is COc1cc(/C=C/C(=O)O[C@H]2[C@@H](O)[C@@H](O)[C@@H](O[C@]3(CO)O[C@H](CO)[C@@H](O)[C@H]3OC(=O)c3ccccc3)O[C@@H]2COC(=O)c2ccccc2)ccc1O[C@@H]1O[C@H](C)[C@@H](O)[C@@H](O)[C@H]1O. The third kappa shape index (κ3) is 10.2. The van der Waals surface area contributed by atoms with Crippen LogP contribution in [-0.4, -0.2) is 171 Å². The summed E-state index contributed by atoms with van der Waals surface area (Å²) in [5.74, 6) is -5.18. The molecule has 3 aromatic rings. The predicted octanol–water partition coefficient (Wildman–Crippen LogP) is -1.19. The van der Waals surface area contributed by atoms with E-state index < -0.39 is 123 Å². The first-order valence-corrected chi connectivity index (χ1v) is 19.4. The van der Waals surface area contributed by atoms with Crippen molar-refractivity contribution in [1.82, 2.24) is 0 Å². The highest BCUT2D eigenvalue weighted by atomic mass is 16.8. The van der Waals surface area contributed by atoms with Crippen LogP contribution in [0.15, 0.2) is 84.9 Å². The van der Waals surface area contributed by atoms with Crippen LogP contribution in [0.2, 0.25) is 0 Å². The van der Waals surface area contributed by atoms with Gasteiger partial charge in [0.05, 0.1) is 30.9 Å². The van der Waals surface area contributed by atoms with Gasteiger partial charge in [0.25, 0.3) is 0 Å². The van der Waals surface area contributed by atoms with Crippen molar-refractivity contribution in [3.05, 3.63) is 102 Å². The number of hydrogen-bond acceptors (Lipinski definition) is 20. The maximum Gasteiger partial charge on any atom is 0.338 e. The number of esters is 3. The fraction of sp³-hybridized carbons (Fsp3) is 0.452. The molecule has 336 valence electrons. The lowest BCUT2D eigenvalue weighted by Gasteiger charge is -2.44. The first kappa shape index (κ1) is 46.4. The van der Waals surface area contributed by atoms with E-state index in [0.29, 0.717) is 5.56 Å². The van der Waals surface area contributed by atoms with Crippen molar-refractivity contribution >= 4 is 24.0 Å². The number of hydrogen-bond donors (Lipinski definition) is 8. The van der Waals surface area contributed by atoms with Crippen LogP contribution >= 0.6 is 0 Å². The standard InChI is InChI=1S/C42H48O20/c1-21-30(46)32(48)34(50)40(56-21)57-25-15-13-22(17-26(25)54-2)14-16-29(45)59-36-28(19-55-38(52)23-9-5-3-6-10-23)58-41(35(51)33(36)49)62-42(20-44)37(31(47)27(18-43)61-42)60-39(53)24-11-7-4-8-12-24/h3-17,21,27-28,30-37,40-41,43-44,46-51H,18-20H2,1-2H3/b16-14+/t21-,27-,28-,30-,31-,32-,33+,34-,35-,36-,37-,40+,41-,42+/m1/s1. The summed E-state index contributed by atoms with van der Waals surface area (Å²) < 4.78 is 50.6. The Hall–Kier alpha value is -5.07. The second kappa shape index (κ2) is 20.4. The Morgan fingerprint density at radius 2 is 1.35 bits per heavy atom. The van der Waals surface area contributed by atoms with Gasteiger partial charge in [-0.15, -0.1) is 0 Å². The predicted molar refractivity (Wildman–Crippen MR) is 207 cm³/mol. The highest BCUT2D eigenvalue weighted by Gasteiger charge is 2.61. The highest BCUT2D eigenvalue weighted by molar-refractivity contribution is 5.90. The van der Waals surface area contributed by atoms with Crippen LogP contribution in [-0.2, 0) is 38.0 Å². The zero-order valence-electron chi connectivity index (χ0n) is 33.3. The summed E-state index contributed by atoms with van der Waals surface area (Å²) in [4.78, 5) is 39.3. The van der Waals surface area contributed by atoms with Crippen LogP contribution in [0.4, 0.5) is 0 Å². The number of benzene rings is 3. The van der Waals surface area contributed by atoms with Crippen molar-refractivity contribution in [3.8, 4) is 11.5 Å². The van der Waals surface area contributed by atoms with Gasteiger partial charge < -0.3 is 83.5 Å². The maximum absolute atomic E-state index is 13.3. The zero-order chi connectivity index (χ0) is 44.7. The van der Waals surface area contributed by atoms with Gasteiger partial charge in [-0.1, -0.05) is 42.5 Å². The molecule has 20 heteroatoms. The van der Waals surface area contributed by atoms with Crippen molar-refractivity contribution in [3.63, 3.8) is 0 Å². The minimum atomic E-state index is -2.51. The Morgan fingerprint density at radius 1 is 0.710 bits per heavy atom. The lowest BCUT2D eigenvalue weighted by Crippen LogP contribution is -2.64. The molecule has 14 atom stereocenters. The maximum atomic E-state index is 13.3. The molecule has 0 spiro atoms. The molecule has 0 aromatic heterocycles. The molecule has 62 heavy (non-hydrogen) atoms. The third-order valence-corrected chi connectivity index (χ3v) is 10.4. The van der Waals surface area contributed by atoms with E-state index in [1.54, 1.807) is 36.4 Å². The molecule has 6 rings (SSSR count). The number of ether oxygens (including phenoxy) is 9. The number of rotatable bonds is 15. The number of aliphatic hydroxyl groups excluding tert-OH is 8.